The minimum Gasteiger partial charge on any atom is -0.380 e. The largest absolute Gasteiger partial charge is 0.380 e. The predicted molar refractivity (Wildman–Crippen MR) is 75.4 cm³/mol. The van der Waals surface area contributed by atoms with Gasteiger partial charge in [-0.1, -0.05) is 0 Å². The van der Waals surface area contributed by atoms with E-state index in [-0.39, 0.29) is 0 Å². The summed E-state index contributed by atoms with van der Waals surface area (Å²) in [5.41, 5.74) is 2.58. The Hall–Kier alpha value is -1.22. The van der Waals surface area contributed by atoms with Gasteiger partial charge in [0.2, 0.25) is 0 Å². The highest BCUT2D eigenvalue weighted by Gasteiger charge is 2.14. The van der Waals surface area contributed by atoms with Gasteiger partial charge in [0.05, 0.1) is 6.61 Å². The first-order valence-electron chi connectivity index (χ1n) is 7.11. The van der Waals surface area contributed by atoms with Gasteiger partial charge in [0.1, 0.15) is 0 Å². The maximum atomic E-state index is 5.49. The van der Waals surface area contributed by atoms with E-state index < -0.39 is 0 Å². The third-order valence-corrected chi connectivity index (χ3v) is 3.87. The molecule has 2 aliphatic rings. The van der Waals surface area contributed by atoms with Gasteiger partial charge in [0.15, 0.2) is 0 Å². The van der Waals surface area contributed by atoms with E-state index in [1.165, 1.54) is 50.1 Å². The third-order valence-electron chi connectivity index (χ3n) is 3.87. The molecule has 2 saturated heterocycles. The summed E-state index contributed by atoms with van der Waals surface area (Å²) in [5.74, 6) is 0. The molecule has 1 unspecified atom stereocenters. The van der Waals surface area contributed by atoms with Crippen molar-refractivity contribution in [3.8, 4) is 0 Å². The number of nitrogens with one attached hydrogen (secondary N) is 1. The van der Waals surface area contributed by atoms with E-state index in [1.54, 1.807) is 0 Å². The van der Waals surface area contributed by atoms with Crippen LogP contribution in [0.3, 0.4) is 0 Å². The highest BCUT2D eigenvalue weighted by Crippen LogP contribution is 2.23. The van der Waals surface area contributed by atoms with Crippen LogP contribution in [-0.4, -0.2) is 32.3 Å². The first-order valence-corrected chi connectivity index (χ1v) is 7.11. The van der Waals surface area contributed by atoms with Crippen molar-refractivity contribution in [2.75, 3.05) is 36.5 Å². The summed E-state index contributed by atoms with van der Waals surface area (Å²) in [5, 5.41) is 3.56. The molecule has 1 N–H and O–H groups in total. The van der Waals surface area contributed by atoms with Crippen LogP contribution < -0.4 is 10.2 Å². The number of hydrogen-bond donors (Lipinski definition) is 1. The average Bonchev–Trinajstić information content (AvgIpc) is 2.95. The lowest BCUT2D eigenvalue weighted by molar-refractivity contribution is 0.0876. The Kier molecular flexibility index (Phi) is 3.69. The van der Waals surface area contributed by atoms with Crippen molar-refractivity contribution >= 4 is 11.4 Å². The molecule has 0 aromatic heterocycles. The molecular formula is C15H22N2O. The van der Waals surface area contributed by atoms with Crippen LogP contribution in [0.2, 0.25) is 0 Å². The van der Waals surface area contributed by atoms with Gasteiger partial charge in [-0.05, 0) is 49.9 Å². The van der Waals surface area contributed by atoms with E-state index in [0.29, 0.717) is 6.04 Å². The van der Waals surface area contributed by atoms with Crippen LogP contribution in [0.5, 0.6) is 0 Å². The second-order valence-corrected chi connectivity index (χ2v) is 5.30. The SMILES string of the molecule is c1cc(N2CCCC2)ccc1NC1CCCOC1. The molecule has 1 aromatic carbocycles. The number of benzene rings is 1. The zero-order chi connectivity index (χ0) is 12.2. The Labute approximate surface area is 109 Å². The topological polar surface area (TPSA) is 24.5 Å². The number of hydrogen-bond acceptors (Lipinski definition) is 3. The fraction of sp³-hybridized carbons (Fsp3) is 0.600. The second-order valence-electron chi connectivity index (χ2n) is 5.30. The average molecular weight is 246 g/mol. The van der Waals surface area contributed by atoms with Crippen molar-refractivity contribution in [2.45, 2.75) is 31.7 Å². The molecule has 0 amide bonds. The van der Waals surface area contributed by atoms with E-state index >= 15 is 0 Å². The highest BCUT2D eigenvalue weighted by atomic mass is 16.5. The molecule has 0 saturated carbocycles. The van der Waals surface area contributed by atoms with Crippen LogP contribution in [0.25, 0.3) is 0 Å². The van der Waals surface area contributed by atoms with E-state index in [0.717, 1.165) is 13.2 Å². The van der Waals surface area contributed by atoms with Crippen LogP contribution in [-0.2, 0) is 4.74 Å². The van der Waals surface area contributed by atoms with Crippen molar-refractivity contribution in [3.05, 3.63) is 24.3 Å². The minimum absolute atomic E-state index is 0.483. The molecule has 0 aliphatic carbocycles. The van der Waals surface area contributed by atoms with E-state index in [9.17, 15) is 0 Å². The molecule has 0 spiro atoms. The molecule has 18 heavy (non-hydrogen) atoms. The first kappa shape index (κ1) is 11.8. The monoisotopic (exact) mass is 246 g/mol. The molecule has 3 nitrogen and oxygen atoms in total. The number of rotatable bonds is 3. The van der Waals surface area contributed by atoms with E-state index in [4.69, 9.17) is 4.74 Å². The minimum atomic E-state index is 0.483. The predicted octanol–water partition coefficient (Wildman–Crippen LogP) is 2.88. The van der Waals surface area contributed by atoms with Crippen LogP contribution in [0.15, 0.2) is 24.3 Å². The van der Waals surface area contributed by atoms with Crippen molar-refractivity contribution in [3.63, 3.8) is 0 Å². The van der Waals surface area contributed by atoms with Gasteiger partial charge < -0.3 is 15.0 Å². The standard InChI is InChI=1S/C15H22N2O/c1-2-10-17(9-1)15-7-5-13(6-8-15)16-14-4-3-11-18-12-14/h5-8,14,16H,1-4,9-12H2. The van der Waals surface area contributed by atoms with Gasteiger partial charge in [0, 0.05) is 37.1 Å². The smallest absolute Gasteiger partial charge is 0.0667 e. The summed E-state index contributed by atoms with van der Waals surface area (Å²) < 4.78 is 5.49. The molecule has 0 radical (unpaired) electrons. The summed E-state index contributed by atoms with van der Waals surface area (Å²) in [6, 6.07) is 9.34. The Morgan fingerprint density at radius 2 is 1.83 bits per heavy atom. The molecule has 1 aromatic rings. The summed E-state index contributed by atoms with van der Waals surface area (Å²) >= 11 is 0. The number of nitrogens with zero attached hydrogens (tertiary/aromatic N) is 1. The normalized spacial score (nSPS) is 24.2. The molecule has 98 valence electrons. The lowest BCUT2D eigenvalue weighted by Gasteiger charge is -2.24. The maximum Gasteiger partial charge on any atom is 0.0667 e. The Bertz CT molecular complexity index is 365. The van der Waals surface area contributed by atoms with Crippen molar-refractivity contribution in [1.82, 2.24) is 0 Å². The zero-order valence-electron chi connectivity index (χ0n) is 10.9. The first-order chi connectivity index (χ1) is 8.92. The molecule has 3 rings (SSSR count). The quantitative estimate of drug-likeness (QED) is 0.887. The molecule has 3 heteroatoms. The Balaban J connectivity index is 1.59. The molecule has 2 heterocycles. The summed E-state index contributed by atoms with van der Waals surface area (Å²) in [4.78, 5) is 2.47. The fourth-order valence-corrected chi connectivity index (χ4v) is 2.83. The van der Waals surface area contributed by atoms with Gasteiger partial charge in [-0.3, -0.25) is 0 Å². The van der Waals surface area contributed by atoms with E-state index in [2.05, 4.69) is 34.5 Å². The van der Waals surface area contributed by atoms with Crippen molar-refractivity contribution < 1.29 is 4.74 Å². The number of ether oxygens (including phenoxy) is 1. The van der Waals surface area contributed by atoms with Crippen LogP contribution in [0, 0.1) is 0 Å². The molecule has 2 fully saturated rings. The van der Waals surface area contributed by atoms with Gasteiger partial charge in [-0.25, -0.2) is 0 Å². The van der Waals surface area contributed by atoms with Crippen molar-refractivity contribution in [2.24, 2.45) is 0 Å². The number of anilines is 2. The van der Waals surface area contributed by atoms with Gasteiger partial charge >= 0.3 is 0 Å². The fourth-order valence-electron chi connectivity index (χ4n) is 2.83. The highest BCUT2D eigenvalue weighted by molar-refractivity contribution is 5.55. The van der Waals surface area contributed by atoms with Crippen LogP contribution >= 0.6 is 0 Å². The van der Waals surface area contributed by atoms with Crippen LogP contribution in [0.4, 0.5) is 11.4 Å². The van der Waals surface area contributed by atoms with Gasteiger partial charge in [-0.15, -0.1) is 0 Å². The Morgan fingerprint density at radius 3 is 2.50 bits per heavy atom. The molecular weight excluding hydrogens is 224 g/mol. The maximum absolute atomic E-state index is 5.49. The lowest BCUT2D eigenvalue weighted by Crippen LogP contribution is -2.29. The summed E-state index contributed by atoms with van der Waals surface area (Å²) in [6.45, 7) is 4.19. The zero-order valence-corrected chi connectivity index (χ0v) is 10.9. The third kappa shape index (κ3) is 2.78. The van der Waals surface area contributed by atoms with Crippen LogP contribution in [0.1, 0.15) is 25.7 Å². The lowest BCUT2D eigenvalue weighted by atomic mass is 10.1. The summed E-state index contributed by atoms with van der Waals surface area (Å²) in [7, 11) is 0. The molecule has 2 aliphatic heterocycles. The van der Waals surface area contributed by atoms with Crippen molar-refractivity contribution in [1.29, 1.82) is 0 Å². The molecule has 0 bridgehead atoms. The Morgan fingerprint density at radius 1 is 1.06 bits per heavy atom. The summed E-state index contributed by atoms with van der Waals surface area (Å²) in [6.07, 6.45) is 5.05. The van der Waals surface area contributed by atoms with E-state index in [1.807, 2.05) is 0 Å². The van der Waals surface area contributed by atoms with Gasteiger partial charge in [0.25, 0.3) is 0 Å². The van der Waals surface area contributed by atoms with Gasteiger partial charge in [-0.2, -0.15) is 0 Å². The second kappa shape index (κ2) is 5.61. The molecule has 1 atom stereocenters.